The average Bonchev–Trinajstić information content (AvgIpc) is 2.57. The number of amides is 1. The summed E-state index contributed by atoms with van der Waals surface area (Å²) in [4.78, 5) is 12.3. The first-order valence-electron chi connectivity index (χ1n) is 7.86. The largest absolute Gasteiger partial charge is 0.322 e. The van der Waals surface area contributed by atoms with Crippen LogP contribution in [-0.4, -0.2) is 20.1 Å². The van der Waals surface area contributed by atoms with Crippen LogP contribution in [0.25, 0.3) is 0 Å². The molecule has 0 spiro atoms. The van der Waals surface area contributed by atoms with Gasteiger partial charge in [-0.2, -0.15) is 0 Å². The molecule has 2 aromatic rings. The summed E-state index contributed by atoms with van der Waals surface area (Å²) >= 11 is 0. The summed E-state index contributed by atoms with van der Waals surface area (Å²) in [5, 5.41) is 2.82. The lowest BCUT2D eigenvalue weighted by Crippen LogP contribution is -2.16. The van der Waals surface area contributed by atoms with Crippen LogP contribution in [0, 0.1) is 6.92 Å². The molecule has 2 N–H and O–H groups in total. The fraction of sp³-hybridized carbons (Fsp3) is 0.278. The highest BCUT2D eigenvalue weighted by Crippen LogP contribution is 2.21. The molecule has 6 heteroatoms. The van der Waals surface area contributed by atoms with Crippen LogP contribution in [0.3, 0.4) is 0 Å². The Balaban J connectivity index is 2.12. The Labute approximate surface area is 143 Å². The summed E-state index contributed by atoms with van der Waals surface area (Å²) in [6.07, 6.45) is 0.927. The molecule has 0 heterocycles. The van der Waals surface area contributed by atoms with Gasteiger partial charge in [-0.15, -0.1) is 0 Å². The molecule has 24 heavy (non-hydrogen) atoms. The van der Waals surface area contributed by atoms with Crippen molar-refractivity contribution in [2.45, 2.75) is 27.2 Å². The molecule has 5 nitrogen and oxygen atoms in total. The predicted molar refractivity (Wildman–Crippen MR) is 98.0 cm³/mol. The number of benzene rings is 2. The van der Waals surface area contributed by atoms with Crippen LogP contribution in [-0.2, 0) is 16.4 Å². The molecule has 0 atom stereocenters. The maximum Gasteiger partial charge on any atom is 0.255 e. The first kappa shape index (κ1) is 18.0. The summed E-state index contributed by atoms with van der Waals surface area (Å²) in [5.74, 6) is -0.183. The van der Waals surface area contributed by atoms with Gasteiger partial charge < -0.3 is 5.32 Å². The van der Waals surface area contributed by atoms with Crippen molar-refractivity contribution in [3.63, 3.8) is 0 Å². The zero-order valence-electron chi connectivity index (χ0n) is 14.1. The second-order valence-electron chi connectivity index (χ2n) is 5.54. The van der Waals surface area contributed by atoms with Gasteiger partial charge in [-0.05, 0) is 61.7 Å². The Hall–Kier alpha value is -2.34. The topological polar surface area (TPSA) is 75.3 Å². The van der Waals surface area contributed by atoms with Gasteiger partial charge in [0.15, 0.2) is 0 Å². The summed E-state index contributed by atoms with van der Waals surface area (Å²) in [7, 11) is -3.32. The van der Waals surface area contributed by atoms with Crippen LogP contribution in [0.5, 0.6) is 0 Å². The first-order chi connectivity index (χ1) is 11.3. The van der Waals surface area contributed by atoms with E-state index >= 15 is 0 Å². The number of carbonyl (C=O) groups is 1. The van der Waals surface area contributed by atoms with Crippen LogP contribution < -0.4 is 10.0 Å². The number of hydrogen-bond donors (Lipinski definition) is 2. The van der Waals surface area contributed by atoms with Crippen molar-refractivity contribution in [2.75, 3.05) is 15.8 Å². The van der Waals surface area contributed by atoms with Gasteiger partial charge >= 0.3 is 0 Å². The summed E-state index contributed by atoms with van der Waals surface area (Å²) < 4.78 is 25.8. The fourth-order valence-corrected chi connectivity index (χ4v) is 2.90. The Morgan fingerprint density at radius 3 is 2.25 bits per heavy atom. The number of sulfonamides is 1. The molecular formula is C18H22N2O3S. The predicted octanol–water partition coefficient (Wildman–Crippen LogP) is 3.57. The van der Waals surface area contributed by atoms with Gasteiger partial charge in [-0.1, -0.05) is 19.1 Å². The van der Waals surface area contributed by atoms with E-state index < -0.39 is 10.0 Å². The Morgan fingerprint density at radius 2 is 1.71 bits per heavy atom. The number of rotatable bonds is 6. The van der Waals surface area contributed by atoms with E-state index in [9.17, 15) is 13.2 Å². The molecule has 0 aliphatic carbocycles. The van der Waals surface area contributed by atoms with Crippen molar-refractivity contribution in [3.8, 4) is 0 Å². The molecule has 0 bridgehead atoms. The van der Waals surface area contributed by atoms with Crippen molar-refractivity contribution in [2.24, 2.45) is 0 Å². The molecule has 0 radical (unpaired) electrons. The van der Waals surface area contributed by atoms with E-state index in [1.165, 1.54) is 5.56 Å². The van der Waals surface area contributed by atoms with Crippen LogP contribution in [0.4, 0.5) is 11.4 Å². The van der Waals surface area contributed by atoms with Gasteiger partial charge in [0.2, 0.25) is 10.0 Å². The van der Waals surface area contributed by atoms with E-state index in [1.807, 2.05) is 12.1 Å². The van der Waals surface area contributed by atoms with Gasteiger partial charge in [0.25, 0.3) is 5.91 Å². The lowest BCUT2D eigenvalue weighted by molar-refractivity contribution is 0.102. The highest BCUT2D eigenvalue weighted by molar-refractivity contribution is 7.92. The standard InChI is InChI=1S/C18H22N2O3S/c1-4-14-6-8-15(9-7-14)18(21)19-16-10-11-17(13(3)12-16)20-24(22,23)5-2/h6-12,20H,4-5H2,1-3H3,(H,19,21). The maximum atomic E-state index is 12.3. The molecule has 0 saturated heterocycles. The Bertz CT molecular complexity index is 828. The number of hydrogen-bond acceptors (Lipinski definition) is 3. The second kappa shape index (κ2) is 7.49. The summed E-state index contributed by atoms with van der Waals surface area (Å²) in [6, 6.07) is 12.5. The van der Waals surface area contributed by atoms with Gasteiger partial charge in [-0.3, -0.25) is 9.52 Å². The normalized spacial score (nSPS) is 11.1. The van der Waals surface area contributed by atoms with E-state index in [1.54, 1.807) is 44.2 Å². The van der Waals surface area contributed by atoms with Crippen LogP contribution in [0.2, 0.25) is 0 Å². The smallest absolute Gasteiger partial charge is 0.255 e. The quantitative estimate of drug-likeness (QED) is 0.839. The van der Waals surface area contributed by atoms with Crippen LogP contribution in [0.15, 0.2) is 42.5 Å². The van der Waals surface area contributed by atoms with Gasteiger partial charge in [0.1, 0.15) is 0 Å². The van der Waals surface area contributed by atoms with E-state index in [2.05, 4.69) is 17.0 Å². The van der Waals surface area contributed by atoms with Crippen molar-refractivity contribution in [1.82, 2.24) is 0 Å². The zero-order valence-corrected chi connectivity index (χ0v) is 14.9. The molecule has 1 amide bonds. The number of carbonyl (C=O) groups excluding carboxylic acids is 1. The van der Waals surface area contributed by atoms with E-state index in [0.29, 0.717) is 16.9 Å². The number of aryl methyl sites for hydroxylation is 2. The highest BCUT2D eigenvalue weighted by Gasteiger charge is 2.11. The van der Waals surface area contributed by atoms with Crippen LogP contribution >= 0.6 is 0 Å². The van der Waals surface area contributed by atoms with Crippen molar-refractivity contribution >= 4 is 27.3 Å². The van der Waals surface area contributed by atoms with Crippen molar-refractivity contribution < 1.29 is 13.2 Å². The third-order valence-electron chi connectivity index (χ3n) is 3.75. The lowest BCUT2D eigenvalue weighted by Gasteiger charge is -2.12. The molecule has 0 aliphatic rings. The van der Waals surface area contributed by atoms with Gasteiger partial charge in [-0.25, -0.2) is 8.42 Å². The van der Waals surface area contributed by atoms with Crippen LogP contribution in [0.1, 0.15) is 35.3 Å². The monoisotopic (exact) mass is 346 g/mol. The Kier molecular flexibility index (Phi) is 5.62. The number of nitrogens with one attached hydrogen (secondary N) is 2. The lowest BCUT2D eigenvalue weighted by atomic mass is 10.1. The minimum Gasteiger partial charge on any atom is -0.322 e. The minimum absolute atomic E-state index is 0.0126. The Morgan fingerprint density at radius 1 is 1.04 bits per heavy atom. The molecule has 0 unspecified atom stereocenters. The molecule has 0 aliphatic heterocycles. The SMILES string of the molecule is CCc1ccc(C(=O)Nc2ccc(NS(=O)(=O)CC)c(C)c2)cc1. The first-order valence-corrected chi connectivity index (χ1v) is 9.51. The molecule has 0 aromatic heterocycles. The average molecular weight is 346 g/mol. The van der Waals surface area contributed by atoms with Gasteiger partial charge in [0, 0.05) is 11.3 Å². The van der Waals surface area contributed by atoms with Crippen molar-refractivity contribution in [3.05, 3.63) is 59.2 Å². The second-order valence-corrected chi connectivity index (χ2v) is 7.55. The van der Waals surface area contributed by atoms with Crippen molar-refractivity contribution in [1.29, 1.82) is 0 Å². The molecule has 0 saturated carbocycles. The van der Waals surface area contributed by atoms with E-state index in [0.717, 1.165) is 12.0 Å². The molecular weight excluding hydrogens is 324 g/mol. The zero-order chi connectivity index (χ0) is 17.7. The summed E-state index contributed by atoms with van der Waals surface area (Å²) in [5.41, 5.74) is 3.64. The fourth-order valence-electron chi connectivity index (χ4n) is 2.19. The maximum absolute atomic E-state index is 12.3. The molecule has 128 valence electrons. The summed E-state index contributed by atoms with van der Waals surface area (Å²) in [6.45, 7) is 5.43. The third-order valence-corrected chi connectivity index (χ3v) is 5.05. The van der Waals surface area contributed by atoms with E-state index in [-0.39, 0.29) is 11.7 Å². The molecule has 2 rings (SSSR count). The third kappa shape index (κ3) is 4.58. The highest BCUT2D eigenvalue weighted by atomic mass is 32.2. The van der Waals surface area contributed by atoms with E-state index in [4.69, 9.17) is 0 Å². The minimum atomic E-state index is -3.32. The molecule has 0 fully saturated rings. The number of anilines is 2. The van der Waals surface area contributed by atoms with Gasteiger partial charge in [0.05, 0.1) is 11.4 Å². The molecule has 2 aromatic carbocycles.